The van der Waals surface area contributed by atoms with Crippen molar-refractivity contribution in [1.82, 2.24) is 15.5 Å². The van der Waals surface area contributed by atoms with E-state index < -0.39 is 15.1 Å². The summed E-state index contributed by atoms with van der Waals surface area (Å²) in [7, 11) is -3.07. The molecule has 1 aromatic heterocycles. The van der Waals surface area contributed by atoms with Crippen molar-refractivity contribution in [3.8, 4) is 0 Å². The molecule has 2 heterocycles. The number of nitrogens with zero attached hydrogens (tertiary/aromatic N) is 2. The SMILES string of the molecule is CCc1nnc(C)cc1C(=O)N[C@H]1CCS(=O)(=O)[C@H]1C. The zero-order chi connectivity index (χ0) is 14.9. The lowest BCUT2D eigenvalue weighted by Gasteiger charge is -2.17. The van der Waals surface area contributed by atoms with Crippen molar-refractivity contribution in [2.75, 3.05) is 5.75 Å². The molecule has 1 aromatic rings. The van der Waals surface area contributed by atoms with Crippen molar-refractivity contribution in [3.05, 3.63) is 23.0 Å². The average Bonchev–Trinajstić information content (AvgIpc) is 2.65. The molecule has 20 heavy (non-hydrogen) atoms. The molecule has 0 spiro atoms. The molecule has 1 N–H and O–H groups in total. The van der Waals surface area contributed by atoms with Crippen LogP contribution in [0.2, 0.25) is 0 Å². The number of carbonyl (C=O) groups excluding carboxylic acids is 1. The molecule has 0 radical (unpaired) electrons. The summed E-state index contributed by atoms with van der Waals surface area (Å²) in [5, 5.41) is 10.2. The van der Waals surface area contributed by atoms with Crippen LogP contribution in [0, 0.1) is 6.92 Å². The van der Waals surface area contributed by atoms with Crippen LogP contribution >= 0.6 is 0 Å². The molecule has 0 aliphatic carbocycles. The van der Waals surface area contributed by atoms with Crippen LogP contribution in [0.1, 0.15) is 42.0 Å². The van der Waals surface area contributed by atoms with Gasteiger partial charge in [-0.1, -0.05) is 6.92 Å². The van der Waals surface area contributed by atoms with Gasteiger partial charge in [0.25, 0.3) is 5.91 Å². The third-order valence-electron chi connectivity index (χ3n) is 3.74. The van der Waals surface area contributed by atoms with Gasteiger partial charge in [-0.3, -0.25) is 4.79 Å². The van der Waals surface area contributed by atoms with Gasteiger partial charge in [0, 0.05) is 6.04 Å². The maximum Gasteiger partial charge on any atom is 0.253 e. The summed E-state index contributed by atoms with van der Waals surface area (Å²) in [6, 6.07) is 1.36. The Balaban J connectivity index is 2.19. The van der Waals surface area contributed by atoms with E-state index in [1.807, 2.05) is 6.92 Å². The highest BCUT2D eigenvalue weighted by Gasteiger charge is 2.37. The Morgan fingerprint density at radius 2 is 2.15 bits per heavy atom. The molecule has 0 aromatic carbocycles. The van der Waals surface area contributed by atoms with Crippen LogP contribution in [0.4, 0.5) is 0 Å². The fourth-order valence-electron chi connectivity index (χ4n) is 2.37. The number of rotatable bonds is 3. The molecule has 0 bridgehead atoms. The fourth-order valence-corrected chi connectivity index (χ4v) is 4.03. The van der Waals surface area contributed by atoms with Crippen molar-refractivity contribution >= 4 is 15.7 Å². The monoisotopic (exact) mass is 297 g/mol. The van der Waals surface area contributed by atoms with E-state index >= 15 is 0 Å². The molecule has 1 aliphatic rings. The Morgan fingerprint density at radius 1 is 1.45 bits per heavy atom. The second-order valence-corrected chi connectivity index (χ2v) is 7.62. The molecule has 110 valence electrons. The Hall–Kier alpha value is -1.50. The van der Waals surface area contributed by atoms with Crippen LogP contribution < -0.4 is 5.32 Å². The molecule has 1 fully saturated rings. The van der Waals surface area contributed by atoms with Crippen molar-refractivity contribution in [2.45, 2.75) is 44.9 Å². The third kappa shape index (κ3) is 2.82. The first-order valence-corrected chi connectivity index (χ1v) is 8.42. The quantitative estimate of drug-likeness (QED) is 0.885. The Morgan fingerprint density at radius 3 is 2.70 bits per heavy atom. The van der Waals surface area contributed by atoms with Crippen LogP contribution in [0.5, 0.6) is 0 Å². The predicted octanol–water partition coefficient (Wildman–Crippen LogP) is 0.653. The Labute approximate surface area is 118 Å². The van der Waals surface area contributed by atoms with E-state index in [1.54, 1.807) is 19.9 Å². The molecule has 0 unspecified atom stereocenters. The molecular formula is C13H19N3O3S. The maximum atomic E-state index is 12.3. The van der Waals surface area contributed by atoms with Crippen molar-refractivity contribution in [1.29, 1.82) is 0 Å². The summed E-state index contributed by atoms with van der Waals surface area (Å²) in [6.07, 6.45) is 1.07. The fraction of sp³-hybridized carbons (Fsp3) is 0.615. The molecule has 2 rings (SSSR count). The maximum absolute atomic E-state index is 12.3. The smallest absolute Gasteiger partial charge is 0.253 e. The molecule has 2 atom stereocenters. The summed E-state index contributed by atoms with van der Waals surface area (Å²) in [5.41, 5.74) is 1.78. The zero-order valence-electron chi connectivity index (χ0n) is 11.9. The van der Waals surface area contributed by atoms with E-state index in [0.717, 1.165) is 0 Å². The number of aromatic nitrogens is 2. The van der Waals surface area contributed by atoms with Crippen molar-refractivity contribution in [3.63, 3.8) is 0 Å². The van der Waals surface area contributed by atoms with Gasteiger partial charge < -0.3 is 5.32 Å². The first kappa shape index (κ1) is 14.9. The molecular weight excluding hydrogens is 278 g/mol. The normalized spacial score (nSPS) is 24.6. The van der Waals surface area contributed by atoms with E-state index in [-0.39, 0.29) is 17.7 Å². The Kier molecular flexibility index (Phi) is 4.08. The van der Waals surface area contributed by atoms with Crippen molar-refractivity contribution in [2.24, 2.45) is 0 Å². The minimum absolute atomic E-state index is 0.132. The minimum Gasteiger partial charge on any atom is -0.348 e. The minimum atomic E-state index is -3.07. The van der Waals surface area contributed by atoms with Gasteiger partial charge in [-0.05, 0) is 32.8 Å². The van der Waals surface area contributed by atoms with Gasteiger partial charge in [-0.15, -0.1) is 0 Å². The van der Waals surface area contributed by atoms with Gasteiger partial charge in [0.2, 0.25) is 0 Å². The highest BCUT2D eigenvalue weighted by molar-refractivity contribution is 7.92. The molecule has 1 aliphatic heterocycles. The van der Waals surface area contributed by atoms with Gasteiger partial charge in [-0.2, -0.15) is 10.2 Å². The lowest BCUT2D eigenvalue weighted by molar-refractivity contribution is 0.0935. The van der Waals surface area contributed by atoms with Crippen LogP contribution in [0.3, 0.4) is 0 Å². The molecule has 1 amide bonds. The topological polar surface area (TPSA) is 89.0 Å². The second-order valence-electron chi connectivity index (χ2n) is 5.14. The third-order valence-corrected chi connectivity index (χ3v) is 6.00. The number of hydrogen-bond acceptors (Lipinski definition) is 5. The van der Waals surface area contributed by atoms with Crippen LogP contribution in [-0.2, 0) is 16.3 Å². The van der Waals surface area contributed by atoms with E-state index in [2.05, 4.69) is 15.5 Å². The predicted molar refractivity (Wildman–Crippen MR) is 75.3 cm³/mol. The van der Waals surface area contributed by atoms with E-state index in [9.17, 15) is 13.2 Å². The highest BCUT2D eigenvalue weighted by atomic mass is 32.2. The standard InChI is InChI=1S/C13H19N3O3S/c1-4-11-10(7-8(2)15-16-11)13(17)14-12-5-6-20(18,19)9(12)3/h7,9,12H,4-6H2,1-3H3,(H,14,17)/t9-,12-/m0/s1. The highest BCUT2D eigenvalue weighted by Crippen LogP contribution is 2.21. The summed E-state index contributed by atoms with van der Waals surface area (Å²) in [6.45, 7) is 5.31. The number of nitrogens with one attached hydrogen (secondary N) is 1. The average molecular weight is 297 g/mol. The van der Waals surface area contributed by atoms with E-state index in [4.69, 9.17) is 0 Å². The van der Waals surface area contributed by atoms with Gasteiger partial charge in [0.15, 0.2) is 9.84 Å². The first-order chi connectivity index (χ1) is 9.35. The largest absolute Gasteiger partial charge is 0.348 e. The lowest BCUT2D eigenvalue weighted by atomic mass is 10.1. The first-order valence-electron chi connectivity index (χ1n) is 6.70. The number of hydrogen-bond donors (Lipinski definition) is 1. The Bertz CT molecular complexity index is 628. The summed E-state index contributed by atoms with van der Waals surface area (Å²) >= 11 is 0. The van der Waals surface area contributed by atoms with E-state index in [1.165, 1.54) is 0 Å². The molecule has 0 saturated carbocycles. The van der Waals surface area contributed by atoms with Crippen LogP contribution in [-0.4, -0.2) is 41.6 Å². The van der Waals surface area contributed by atoms with E-state index in [0.29, 0.717) is 29.8 Å². The van der Waals surface area contributed by atoms with Gasteiger partial charge >= 0.3 is 0 Å². The van der Waals surface area contributed by atoms with Crippen molar-refractivity contribution < 1.29 is 13.2 Å². The lowest BCUT2D eigenvalue weighted by Crippen LogP contribution is -2.40. The summed E-state index contributed by atoms with van der Waals surface area (Å²) in [5.74, 6) is -0.137. The number of aryl methyl sites for hydroxylation is 2. The molecule has 1 saturated heterocycles. The van der Waals surface area contributed by atoms with Gasteiger partial charge in [0.05, 0.1) is 28.0 Å². The summed E-state index contributed by atoms with van der Waals surface area (Å²) in [4.78, 5) is 12.3. The second kappa shape index (κ2) is 5.47. The van der Waals surface area contributed by atoms with Crippen LogP contribution in [0.25, 0.3) is 0 Å². The number of amides is 1. The van der Waals surface area contributed by atoms with Gasteiger partial charge in [0.1, 0.15) is 0 Å². The molecule has 6 nitrogen and oxygen atoms in total. The number of sulfone groups is 1. The summed E-state index contributed by atoms with van der Waals surface area (Å²) < 4.78 is 23.4. The van der Waals surface area contributed by atoms with Gasteiger partial charge in [-0.25, -0.2) is 8.42 Å². The molecule has 7 heteroatoms. The van der Waals surface area contributed by atoms with Crippen LogP contribution in [0.15, 0.2) is 6.07 Å². The zero-order valence-corrected chi connectivity index (χ0v) is 12.7. The number of carbonyl (C=O) groups is 1.